The number of hydrogen-bond acceptors (Lipinski definition) is 3. The van der Waals surface area contributed by atoms with Crippen molar-refractivity contribution in [2.75, 3.05) is 6.61 Å². The molecule has 0 aromatic heterocycles. The van der Waals surface area contributed by atoms with E-state index < -0.39 is 5.92 Å². The van der Waals surface area contributed by atoms with Gasteiger partial charge in [-0.05, 0) is 37.5 Å². The highest BCUT2D eigenvalue weighted by Gasteiger charge is 2.27. The predicted octanol–water partition coefficient (Wildman–Crippen LogP) is 4.48. The lowest BCUT2D eigenvalue weighted by Crippen LogP contribution is -2.21. The van der Waals surface area contributed by atoms with Crippen LogP contribution >= 0.6 is 0 Å². The molecule has 1 unspecified atom stereocenters. The molecule has 0 fully saturated rings. The first-order valence-electron chi connectivity index (χ1n) is 7.83. The standard InChI is InChI=1S/C18H25NO2/c1-4-7-15(8-5-2)18(20)17(13-19)14-9-11-16(12-10-14)21-6-3/h9-12,15,17H,4-8H2,1-3H3. The van der Waals surface area contributed by atoms with Crippen LogP contribution in [0.25, 0.3) is 0 Å². The zero-order valence-corrected chi connectivity index (χ0v) is 13.3. The molecule has 0 N–H and O–H groups in total. The number of Topliss-reactive ketones (excluding diaryl/α,β-unsaturated/α-hetero) is 1. The van der Waals surface area contributed by atoms with Gasteiger partial charge in [-0.3, -0.25) is 4.79 Å². The zero-order chi connectivity index (χ0) is 15.7. The molecule has 0 aliphatic heterocycles. The Morgan fingerprint density at radius 2 is 1.71 bits per heavy atom. The van der Waals surface area contributed by atoms with E-state index in [0.717, 1.165) is 37.0 Å². The summed E-state index contributed by atoms with van der Waals surface area (Å²) in [5, 5.41) is 9.41. The first-order chi connectivity index (χ1) is 10.2. The van der Waals surface area contributed by atoms with Crippen molar-refractivity contribution in [2.45, 2.75) is 52.4 Å². The van der Waals surface area contributed by atoms with Gasteiger partial charge in [-0.15, -0.1) is 0 Å². The maximum absolute atomic E-state index is 12.6. The molecule has 3 heteroatoms. The van der Waals surface area contributed by atoms with Crippen LogP contribution in [0.15, 0.2) is 24.3 Å². The van der Waals surface area contributed by atoms with Gasteiger partial charge < -0.3 is 4.74 Å². The van der Waals surface area contributed by atoms with Gasteiger partial charge in [-0.1, -0.05) is 38.8 Å². The average molecular weight is 287 g/mol. The Kier molecular flexibility index (Phi) is 7.53. The smallest absolute Gasteiger partial charge is 0.157 e. The molecule has 1 aromatic carbocycles. The molecule has 0 bridgehead atoms. The largest absolute Gasteiger partial charge is 0.494 e. The van der Waals surface area contributed by atoms with E-state index in [4.69, 9.17) is 4.74 Å². The Morgan fingerprint density at radius 3 is 2.14 bits per heavy atom. The lowest BCUT2D eigenvalue weighted by Gasteiger charge is -2.18. The third-order valence-corrected chi connectivity index (χ3v) is 3.61. The molecule has 0 amide bonds. The molecule has 0 spiro atoms. The molecule has 0 heterocycles. The topological polar surface area (TPSA) is 50.1 Å². The molecular weight excluding hydrogens is 262 g/mol. The van der Waals surface area contributed by atoms with Crippen molar-refractivity contribution in [1.82, 2.24) is 0 Å². The molecule has 21 heavy (non-hydrogen) atoms. The number of carbonyl (C=O) groups is 1. The van der Waals surface area contributed by atoms with E-state index in [1.54, 1.807) is 0 Å². The van der Waals surface area contributed by atoms with Gasteiger partial charge >= 0.3 is 0 Å². The predicted molar refractivity (Wildman–Crippen MR) is 84.3 cm³/mol. The van der Waals surface area contributed by atoms with Crippen molar-refractivity contribution in [3.8, 4) is 11.8 Å². The average Bonchev–Trinajstić information content (AvgIpc) is 2.49. The summed E-state index contributed by atoms with van der Waals surface area (Å²) in [5.41, 5.74) is 0.767. The molecule has 0 radical (unpaired) electrons. The van der Waals surface area contributed by atoms with Gasteiger partial charge in [0.15, 0.2) is 5.78 Å². The van der Waals surface area contributed by atoms with Crippen LogP contribution in [0.3, 0.4) is 0 Å². The molecule has 114 valence electrons. The maximum atomic E-state index is 12.6. The molecule has 1 rings (SSSR count). The number of nitrogens with zero attached hydrogens (tertiary/aromatic N) is 1. The van der Waals surface area contributed by atoms with Crippen LogP contribution in [0.2, 0.25) is 0 Å². The number of benzene rings is 1. The van der Waals surface area contributed by atoms with Gasteiger partial charge in [0.1, 0.15) is 11.7 Å². The number of nitriles is 1. The normalized spacial score (nSPS) is 12.0. The third-order valence-electron chi connectivity index (χ3n) is 3.61. The van der Waals surface area contributed by atoms with Crippen LogP contribution in [0.4, 0.5) is 0 Å². The zero-order valence-electron chi connectivity index (χ0n) is 13.3. The van der Waals surface area contributed by atoms with Crippen molar-refractivity contribution in [3.63, 3.8) is 0 Å². The van der Waals surface area contributed by atoms with Gasteiger partial charge in [-0.2, -0.15) is 5.26 Å². The summed E-state index contributed by atoms with van der Waals surface area (Å²) in [6.45, 7) is 6.69. The van der Waals surface area contributed by atoms with Crippen molar-refractivity contribution in [3.05, 3.63) is 29.8 Å². The molecule has 0 aliphatic rings. The van der Waals surface area contributed by atoms with E-state index >= 15 is 0 Å². The van der Waals surface area contributed by atoms with Gasteiger partial charge in [0.2, 0.25) is 0 Å². The minimum Gasteiger partial charge on any atom is -0.494 e. The Morgan fingerprint density at radius 1 is 1.14 bits per heavy atom. The lowest BCUT2D eigenvalue weighted by atomic mass is 9.84. The van der Waals surface area contributed by atoms with Crippen LogP contribution in [-0.4, -0.2) is 12.4 Å². The Balaban J connectivity index is 2.90. The first-order valence-corrected chi connectivity index (χ1v) is 7.83. The second-order valence-corrected chi connectivity index (χ2v) is 5.24. The monoisotopic (exact) mass is 287 g/mol. The van der Waals surface area contributed by atoms with Crippen LogP contribution < -0.4 is 4.74 Å². The van der Waals surface area contributed by atoms with E-state index in [-0.39, 0.29) is 11.7 Å². The molecule has 1 aromatic rings. The fraction of sp³-hybridized carbons (Fsp3) is 0.556. The van der Waals surface area contributed by atoms with E-state index in [2.05, 4.69) is 19.9 Å². The quantitative estimate of drug-likeness (QED) is 0.673. The highest BCUT2D eigenvalue weighted by molar-refractivity contribution is 5.90. The summed E-state index contributed by atoms with van der Waals surface area (Å²) in [7, 11) is 0. The van der Waals surface area contributed by atoms with Gasteiger partial charge in [0.05, 0.1) is 12.7 Å². The van der Waals surface area contributed by atoms with Gasteiger partial charge in [-0.25, -0.2) is 0 Å². The molecule has 1 atom stereocenters. The van der Waals surface area contributed by atoms with Crippen LogP contribution in [0.1, 0.15) is 57.9 Å². The Bertz CT molecular complexity index is 467. The Labute approximate surface area is 127 Å². The number of rotatable bonds is 9. The van der Waals surface area contributed by atoms with Crippen LogP contribution in [-0.2, 0) is 4.79 Å². The van der Waals surface area contributed by atoms with Crippen molar-refractivity contribution >= 4 is 5.78 Å². The summed E-state index contributed by atoms with van der Waals surface area (Å²) in [5.74, 6) is 0.161. The first kappa shape index (κ1) is 17.2. The van der Waals surface area contributed by atoms with Crippen molar-refractivity contribution in [1.29, 1.82) is 5.26 Å². The highest BCUT2D eigenvalue weighted by Crippen LogP contribution is 2.26. The van der Waals surface area contributed by atoms with Gasteiger partial charge in [0.25, 0.3) is 0 Å². The number of hydrogen-bond donors (Lipinski definition) is 0. The summed E-state index contributed by atoms with van der Waals surface area (Å²) >= 11 is 0. The number of ether oxygens (including phenoxy) is 1. The van der Waals surface area contributed by atoms with Crippen molar-refractivity contribution in [2.24, 2.45) is 5.92 Å². The summed E-state index contributed by atoms with van der Waals surface area (Å²) in [6.07, 6.45) is 3.67. The highest BCUT2D eigenvalue weighted by atomic mass is 16.5. The molecule has 0 saturated carbocycles. The minimum absolute atomic E-state index is 0.00350. The maximum Gasteiger partial charge on any atom is 0.157 e. The summed E-state index contributed by atoms with van der Waals surface area (Å²) in [4.78, 5) is 12.6. The summed E-state index contributed by atoms with van der Waals surface area (Å²) < 4.78 is 5.39. The second-order valence-electron chi connectivity index (χ2n) is 5.24. The molecule has 0 aliphatic carbocycles. The van der Waals surface area contributed by atoms with Crippen LogP contribution in [0.5, 0.6) is 5.75 Å². The molecular formula is C18H25NO2. The molecule has 0 saturated heterocycles. The third kappa shape index (κ3) is 4.90. The molecule has 3 nitrogen and oxygen atoms in total. The second kappa shape index (κ2) is 9.18. The van der Waals surface area contributed by atoms with Crippen molar-refractivity contribution < 1.29 is 9.53 Å². The fourth-order valence-corrected chi connectivity index (χ4v) is 2.59. The fourth-order valence-electron chi connectivity index (χ4n) is 2.59. The summed E-state index contributed by atoms with van der Waals surface area (Å²) in [6, 6.07) is 9.48. The van der Waals surface area contributed by atoms with Gasteiger partial charge in [0, 0.05) is 5.92 Å². The van der Waals surface area contributed by atoms with E-state index in [1.165, 1.54) is 0 Å². The number of carbonyl (C=O) groups excluding carboxylic acids is 1. The Hall–Kier alpha value is -1.82. The minimum atomic E-state index is -0.663. The SMILES string of the molecule is CCCC(CCC)C(=O)C(C#N)c1ccc(OCC)cc1. The number of ketones is 1. The van der Waals surface area contributed by atoms with Crippen LogP contribution in [0, 0.1) is 17.2 Å². The van der Waals surface area contributed by atoms with E-state index in [1.807, 2.05) is 31.2 Å². The van der Waals surface area contributed by atoms with E-state index in [9.17, 15) is 10.1 Å². The lowest BCUT2D eigenvalue weighted by molar-refractivity contribution is -0.123. The van der Waals surface area contributed by atoms with E-state index in [0.29, 0.717) is 6.61 Å².